The molecule has 0 aliphatic heterocycles. The molecule has 0 spiro atoms. The third-order valence-corrected chi connectivity index (χ3v) is 3.75. The van der Waals surface area contributed by atoms with Gasteiger partial charge in [0.1, 0.15) is 6.10 Å². The Morgan fingerprint density at radius 3 is 2.28 bits per heavy atom. The van der Waals surface area contributed by atoms with E-state index < -0.39 is 15.9 Å². The Morgan fingerprint density at radius 2 is 1.78 bits per heavy atom. The molecule has 1 unspecified atom stereocenters. The van der Waals surface area contributed by atoms with Crippen molar-refractivity contribution in [3.05, 3.63) is 59.9 Å². The molecule has 0 fully saturated rings. The molecule has 1 N–H and O–H groups in total. The summed E-state index contributed by atoms with van der Waals surface area (Å²) >= 11 is 0. The number of nitrogens with zero attached hydrogens (tertiary/aromatic N) is 1. The van der Waals surface area contributed by atoms with Gasteiger partial charge >= 0.3 is 0 Å². The Bertz CT molecular complexity index is 621. The molecule has 2 rings (SSSR count). The summed E-state index contributed by atoms with van der Waals surface area (Å²) in [4.78, 5) is 4.17. The van der Waals surface area contributed by atoms with Gasteiger partial charge in [-0.25, -0.2) is 8.42 Å². The highest BCUT2D eigenvalue weighted by molar-refractivity contribution is 7.90. The average molecular weight is 263 g/mol. The molecule has 2 aromatic rings. The van der Waals surface area contributed by atoms with Crippen LogP contribution in [0.15, 0.2) is 53.7 Å². The monoisotopic (exact) mass is 263 g/mol. The van der Waals surface area contributed by atoms with Crippen molar-refractivity contribution in [2.75, 3.05) is 6.26 Å². The second-order valence-electron chi connectivity index (χ2n) is 4.03. The van der Waals surface area contributed by atoms with Gasteiger partial charge in [-0.2, -0.15) is 0 Å². The standard InChI is InChI=1S/C13H13NO3S/c1-18(16,17)12-6-4-10(5-7-12)13(15)11-3-2-8-14-9-11/h2-9,13,15H,1H3. The van der Waals surface area contributed by atoms with Crippen LogP contribution in [0.4, 0.5) is 0 Å². The van der Waals surface area contributed by atoms with Crippen molar-refractivity contribution in [1.82, 2.24) is 4.98 Å². The zero-order chi connectivity index (χ0) is 13.2. The van der Waals surface area contributed by atoms with Crippen molar-refractivity contribution in [2.45, 2.75) is 11.0 Å². The van der Waals surface area contributed by atoms with Gasteiger partial charge in [0, 0.05) is 24.2 Å². The molecule has 1 atom stereocenters. The number of benzene rings is 1. The van der Waals surface area contributed by atoms with Gasteiger partial charge < -0.3 is 5.11 Å². The number of hydrogen-bond acceptors (Lipinski definition) is 4. The molecule has 1 heterocycles. The Hall–Kier alpha value is -1.72. The first-order valence-corrected chi connectivity index (χ1v) is 7.25. The topological polar surface area (TPSA) is 67.3 Å². The molecule has 0 aliphatic rings. The van der Waals surface area contributed by atoms with Crippen LogP contribution in [-0.4, -0.2) is 24.8 Å². The van der Waals surface area contributed by atoms with Crippen LogP contribution >= 0.6 is 0 Å². The molecule has 0 saturated carbocycles. The average Bonchev–Trinajstić information content (AvgIpc) is 2.38. The largest absolute Gasteiger partial charge is 0.384 e. The number of hydrogen-bond donors (Lipinski definition) is 1. The molecule has 5 heteroatoms. The van der Waals surface area contributed by atoms with Crippen LogP contribution in [0.2, 0.25) is 0 Å². The summed E-state index contributed by atoms with van der Waals surface area (Å²) < 4.78 is 22.6. The third-order valence-electron chi connectivity index (χ3n) is 2.62. The molecule has 18 heavy (non-hydrogen) atoms. The zero-order valence-electron chi connectivity index (χ0n) is 9.82. The first-order valence-electron chi connectivity index (χ1n) is 5.36. The van der Waals surface area contributed by atoms with Gasteiger partial charge in [0.05, 0.1) is 4.90 Å². The lowest BCUT2D eigenvalue weighted by Gasteiger charge is -2.11. The third kappa shape index (κ3) is 2.75. The summed E-state index contributed by atoms with van der Waals surface area (Å²) in [7, 11) is -3.20. The summed E-state index contributed by atoms with van der Waals surface area (Å²) in [6.07, 6.45) is 3.56. The first-order chi connectivity index (χ1) is 8.48. The molecule has 0 amide bonds. The minimum atomic E-state index is -3.20. The maximum Gasteiger partial charge on any atom is 0.175 e. The van der Waals surface area contributed by atoms with Crippen molar-refractivity contribution in [1.29, 1.82) is 0 Å². The highest BCUT2D eigenvalue weighted by atomic mass is 32.2. The molecular formula is C13H13NO3S. The number of aliphatic hydroxyl groups excluding tert-OH is 1. The van der Waals surface area contributed by atoms with Crippen LogP contribution < -0.4 is 0 Å². The van der Waals surface area contributed by atoms with Crippen LogP contribution in [0.25, 0.3) is 0 Å². The predicted octanol–water partition coefficient (Wildman–Crippen LogP) is 1.57. The van der Waals surface area contributed by atoms with E-state index in [0.717, 1.165) is 6.26 Å². The lowest BCUT2D eigenvalue weighted by atomic mass is 10.0. The van der Waals surface area contributed by atoms with Crippen LogP contribution in [0.5, 0.6) is 0 Å². The molecular weight excluding hydrogens is 250 g/mol. The molecule has 1 aromatic carbocycles. The van der Waals surface area contributed by atoms with E-state index in [2.05, 4.69) is 4.98 Å². The van der Waals surface area contributed by atoms with Crippen LogP contribution in [0.3, 0.4) is 0 Å². The Labute approximate surface area is 106 Å². The number of rotatable bonds is 3. The van der Waals surface area contributed by atoms with E-state index in [1.165, 1.54) is 12.1 Å². The second-order valence-corrected chi connectivity index (χ2v) is 6.05. The lowest BCUT2D eigenvalue weighted by Crippen LogP contribution is -2.02. The predicted molar refractivity (Wildman–Crippen MR) is 67.9 cm³/mol. The first kappa shape index (κ1) is 12.7. The molecule has 0 bridgehead atoms. The van der Waals surface area contributed by atoms with E-state index in [1.54, 1.807) is 36.7 Å². The number of sulfone groups is 1. The van der Waals surface area contributed by atoms with Gasteiger partial charge in [0.25, 0.3) is 0 Å². The minimum absolute atomic E-state index is 0.240. The van der Waals surface area contributed by atoms with Crippen molar-refractivity contribution < 1.29 is 13.5 Å². The van der Waals surface area contributed by atoms with Crippen LogP contribution in [0, 0.1) is 0 Å². The maximum atomic E-state index is 11.3. The maximum absolute atomic E-state index is 11.3. The fourth-order valence-corrected chi connectivity index (χ4v) is 2.26. The van der Waals surface area contributed by atoms with Crippen LogP contribution in [0.1, 0.15) is 17.2 Å². The van der Waals surface area contributed by atoms with E-state index in [1.807, 2.05) is 0 Å². The fraction of sp³-hybridized carbons (Fsp3) is 0.154. The Morgan fingerprint density at radius 1 is 1.11 bits per heavy atom. The molecule has 0 saturated heterocycles. The quantitative estimate of drug-likeness (QED) is 0.912. The van der Waals surface area contributed by atoms with Crippen molar-refractivity contribution in [3.63, 3.8) is 0 Å². The normalized spacial score (nSPS) is 13.2. The summed E-state index contributed by atoms with van der Waals surface area (Å²) in [6.45, 7) is 0. The summed E-state index contributed by atoms with van der Waals surface area (Å²) in [5, 5.41) is 10.1. The van der Waals surface area contributed by atoms with Crippen molar-refractivity contribution in [3.8, 4) is 0 Å². The summed E-state index contributed by atoms with van der Waals surface area (Å²) in [6, 6.07) is 9.70. The fourth-order valence-electron chi connectivity index (χ4n) is 1.63. The van der Waals surface area contributed by atoms with Gasteiger partial charge in [-0.3, -0.25) is 4.98 Å². The molecule has 0 aliphatic carbocycles. The minimum Gasteiger partial charge on any atom is -0.384 e. The second kappa shape index (κ2) is 4.88. The van der Waals surface area contributed by atoms with Gasteiger partial charge in [-0.15, -0.1) is 0 Å². The number of pyridine rings is 1. The highest BCUT2D eigenvalue weighted by Gasteiger charge is 2.12. The van der Waals surface area contributed by atoms with Gasteiger partial charge in [-0.05, 0) is 23.8 Å². The molecule has 94 valence electrons. The SMILES string of the molecule is CS(=O)(=O)c1ccc(C(O)c2cccnc2)cc1. The summed E-state index contributed by atoms with van der Waals surface area (Å²) in [5.41, 5.74) is 1.31. The van der Waals surface area contributed by atoms with Gasteiger partial charge in [-0.1, -0.05) is 18.2 Å². The molecule has 0 radical (unpaired) electrons. The van der Waals surface area contributed by atoms with Crippen molar-refractivity contribution in [2.24, 2.45) is 0 Å². The van der Waals surface area contributed by atoms with E-state index in [0.29, 0.717) is 11.1 Å². The Balaban J connectivity index is 2.31. The molecule has 1 aromatic heterocycles. The summed E-state index contributed by atoms with van der Waals surface area (Å²) in [5.74, 6) is 0. The number of aliphatic hydroxyl groups is 1. The van der Waals surface area contributed by atoms with Crippen LogP contribution in [-0.2, 0) is 9.84 Å². The number of aromatic nitrogens is 1. The molecule has 4 nitrogen and oxygen atoms in total. The zero-order valence-corrected chi connectivity index (χ0v) is 10.6. The lowest BCUT2D eigenvalue weighted by molar-refractivity contribution is 0.220. The van der Waals surface area contributed by atoms with Gasteiger partial charge in [0.2, 0.25) is 0 Å². The Kier molecular flexibility index (Phi) is 3.45. The van der Waals surface area contributed by atoms with E-state index >= 15 is 0 Å². The smallest absolute Gasteiger partial charge is 0.175 e. The van der Waals surface area contributed by atoms with E-state index in [9.17, 15) is 13.5 Å². The van der Waals surface area contributed by atoms with E-state index in [-0.39, 0.29) is 4.90 Å². The van der Waals surface area contributed by atoms with E-state index in [4.69, 9.17) is 0 Å². The highest BCUT2D eigenvalue weighted by Crippen LogP contribution is 2.22. The van der Waals surface area contributed by atoms with Crippen molar-refractivity contribution >= 4 is 9.84 Å². The van der Waals surface area contributed by atoms with Gasteiger partial charge in [0.15, 0.2) is 9.84 Å².